The van der Waals surface area contributed by atoms with E-state index in [2.05, 4.69) is 9.82 Å². The van der Waals surface area contributed by atoms with Crippen LogP contribution >= 0.6 is 0 Å². The van der Waals surface area contributed by atoms with E-state index in [1.54, 1.807) is 0 Å². The first-order valence-electron chi connectivity index (χ1n) is 5.22. The maximum absolute atomic E-state index is 12.0. The lowest BCUT2D eigenvalue weighted by Gasteiger charge is -2.16. The Morgan fingerprint density at radius 2 is 2.35 bits per heavy atom. The van der Waals surface area contributed by atoms with Gasteiger partial charge in [0.05, 0.1) is 12.2 Å². The number of hydrogen-bond donors (Lipinski definition) is 3. The number of rotatable bonds is 6. The highest BCUT2D eigenvalue weighted by Crippen LogP contribution is 2.08. The molecule has 17 heavy (non-hydrogen) atoms. The number of nitrogens with two attached hydrogens (primary N) is 1. The van der Waals surface area contributed by atoms with Crippen LogP contribution in [0.4, 0.5) is 0 Å². The standard InChI is InChI=1S/C9H17N5O2S/c1-3-4-7(9(10)11)13-17(15,16)8-5-6-12-14(8)2/h5-7,13H,3-4H2,1-2H3,(H3,10,11). The number of amidine groups is 1. The van der Waals surface area contributed by atoms with Crippen molar-refractivity contribution in [2.45, 2.75) is 30.8 Å². The lowest BCUT2D eigenvalue weighted by Crippen LogP contribution is -2.44. The third-order valence-electron chi connectivity index (χ3n) is 2.30. The molecule has 0 bridgehead atoms. The first kappa shape index (κ1) is 13.7. The largest absolute Gasteiger partial charge is 0.386 e. The van der Waals surface area contributed by atoms with Crippen LogP contribution in [0.2, 0.25) is 0 Å². The van der Waals surface area contributed by atoms with Crippen LogP contribution in [0.3, 0.4) is 0 Å². The molecule has 7 nitrogen and oxygen atoms in total. The summed E-state index contributed by atoms with van der Waals surface area (Å²) in [4.78, 5) is 0. The quantitative estimate of drug-likeness (QED) is 0.485. The Hall–Kier alpha value is -1.41. The van der Waals surface area contributed by atoms with Gasteiger partial charge in [0.1, 0.15) is 5.84 Å². The van der Waals surface area contributed by atoms with Crippen molar-refractivity contribution in [3.8, 4) is 0 Å². The summed E-state index contributed by atoms with van der Waals surface area (Å²) in [7, 11) is -2.15. The Kier molecular flexibility index (Phi) is 4.24. The summed E-state index contributed by atoms with van der Waals surface area (Å²) in [5, 5.41) is 11.2. The molecule has 0 spiro atoms. The maximum Gasteiger partial charge on any atom is 0.258 e. The molecule has 1 atom stereocenters. The van der Waals surface area contributed by atoms with Gasteiger partial charge in [-0.25, -0.2) is 8.42 Å². The van der Waals surface area contributed by atoms with Crippen molar-refractivity contribution in [1.82, 2.24) is 14.5 Å². The zero-order valence-corrected chi connectivity index (χ0v) is 10.7. The molecule has 1 rings (SSSR count). The van der Waals surface area contributed by atoms with Crippen LogP contribution in [-0.2, 0) is 17.1 Å². The van der Waals surface area contributed by atoms with Crippen molar-refractivity contribution < 1.29 is 8.42 Å². The van der Waals surface area contributed by atoms with Gasteiger partial charge in [-0.2, -0.15) is 9.82 Å². The number of nitrogens with one attached hydrogen (secondary N) is 2. The van der Waals surface area contributed by atoms with Crippen molar-refractivity contribution in [3.05, 3.63) is 12.3 Å². The van der Waals surface area contributed by atoms with E-state index in [0.29, 0.717) is 6.42 Å². The number of aryl methyl sites for hydroxylation is 1. The first-order valence-corrected chi connectivity index (χ1v) is 6.71. The molecule has 1 unspecified atom stereocenters. The molecule has 1 aromatic rings. The average molecular weight is 259 g/mol. The lowest BCUT2D eigenvalue weighted by atomic mass is 10.2. The van der Waals surface area contributed by atoms with E-state index in [4.69, 9.17) is 11.1 Å². The fourth-order valence-electron chi connectivity index (χ4n) is 1.44. The van der Waals surface area contributed by atoms with Crippen LogP contribution < -0.4 is 10.5 Å². The SMILES string of the molecule is CCCC(NS(=O)(=O)c1ccnn1C)C(=N)N. The summed E-state index contributed by atoms with van der Waals surface area (Å²) in [6.07, 6.45) is 2.63. The second kappa shape index (κ2) is 5.28. The fraction of sp³-hybridized carbons (Fsp3) is 0.556. The molecule has 0 fully saturated rings. The van der Waals surface area contributed by atoms with Gasteiger partial charge < -0.3 is 5.73 Å². The highest BCUT2D eigenvalue weighted by molar-refractivity contribution is 7.89. The molecule has 0 amide bonds. The molecule has 0 aliphatic rings. The van der Waals surface area contributed by atoms with Gasteiger partial charge in [-0.1, -0.05) is 13.3 Å². The molecule has 8 heteroatoms. The predicted octanol–water partition coefficient (Wildman–Crippen LogP) is -0.197. The third kappa shape index (κ3) is 3.27. The molecule has 0 aliphatic heterocycles. The number of nitrogens with zero attached hydrogens (tertiary/aromatic N) is 2. The Bertz CT molecular complexity index is 493. The van der Waals surface area contributed by atoms with Gasteiger partial charge in [-0.15, -0.1) is 0 Å². The molecule has 96 valence electrons. The van der Waals surface area contributed by atoms with Crippen molar-refractivity contribution in [1.29, 1.82) is 5.41 Å². The average Bonchev–Trinajstić information content (AvgIpc) is 2.64. The second-order valence-corrected chi connectivity index (χ2v) is 5.37. The Morgan fingerprint density at radius 3 is 2.76 bits per heavy atom. The molecule has 4 N–H and O–H groups in total. The zero-order valence-electron chi connectivity index (χ0n) is 9.84. The molecule has 1 heterocycles. The Morgan fingerprint density at radius 1 is 1.71 bits per heavy atom. The number of aromatic nitrogens is 2. The van der Waals surface area contributed by atoms with Crippen molar-refractivity contribution in [3.63, 3.8) is 0 Å². The van der Waals surface area contributed by atoms with Gasteiger partial charge in [-0.3, -0.25) is 10.1 Å². The van der Waals surface area contributed by atoms with Gasteiger partial charge in [0, 0.05) is 7.05 Å². The van der Waals surface area contributed by atoms with Crippen LogP contribution in [0.25, 0.3) is 0 Å². The molecular formula is C9H17N5O2S. The molecule has 0 saturated carbocycles. The monoisotopic (exact) mass is 259 g/mol. The smallest absolute Gasteiger partial charge is 0.258 e. The molecular weight excluding hydrogens is 242 g/mol. The lowest BCUT2D eigenvalue weighted by molar-refractivity contribution is 0.549. The zero-order chi connectivity index (χ0) is 13.1. The van der Waals surface area contributed by atoms with E-state index in [0.717, 1.165) is 6.42 Å². The van der Waals surface area contributed by atoms with Gasteiger partial charge in [0.15, 0.2) is 5.03 Å². The summed E-state index contributed by atoms with van der Waals surface area (Å²) in [5.41, 5.74) is 5.36. The molecule has 0 aromatic carbocycles. The third-order valence-corrected chi connectivity index (χ3v) is 3.85. The summed E-state index contributed by atoms with van der Waals surface area (Å²) >= 11 is 0. The number of hydrogen-bond acceptors (Lipinski definition) is 4. The molecule has 0 saturated heterocycles. The molecule has 0 aliphatic carbocycles. The van der Waals surface area contributed by atoms with Gasteiger partial charge in [0.2, 0.25) is 0 Å². The van der Waals surface area contributed by atoms with Crippen LogP contribution in [0.15, 0.2) is 17.3 Å². The summed E-state index contributed by atoms with van der Waals surface area (Å²) in [5.74, 6) is -0.183. The van der Waals surface area contributed by atoms with Gasteiger partial charge >= 0.3 is 0 Å². The Labute approximate surface area is 101 Å². The summed E-state index contributed by atoms with van der Waals surface area (Å²) in [6.45, 7) is 1.90. The molecule has 0 radical (unpaired) electrons. The first-order chi connectivity index (χ1) is 7.88. The second-order valence-electron chi connectivity index (χ2n) is 3.71. The predicted molar refractivity (Wildman–Crippen MR) is 64.1 cm³/mol. The Balaban J connectivity index is 2.93. The summed E-state index contributed by atoms with van der Waals surface area (Å²) in [6, 6.07) is 0.728. The minimum absolute atomic E-state index is 0.0554. The summed E-state index contributed by atoms with van der Waals surface area (Å²) < 4.78 is 27.6. The van der Waals surface area contributed by atoms with Gasteiger partial charge in [-0.05, 0) is 12.5 Å². The highest BCUT2D eigenvalue weighted by Gasteiger charge is 2.23. The van der Waals surface area contributed by atoms with E-state index in [1.807, 2.05) is 6.92 Å². The van der Waals surface area contributed by atoms with Crippen LogP contribution in [0.1, 0.15) is 19.8 Å². The minimum Gasteiger partial charge on any atom is -0.386 e. The van der Waals surface area contributed by atoms with Crippen LogP contribution in [-0.4, -0.2) is 30.1 Å². The fourth-order valence-corrected chi connectivity index (χ4v) is 2.81. The van der Waals surface area contributed by atoms with E-state index >= 15 is 0 Å². The van der Waals surface area contributed by atoms with E-state index < -0.39 is 16.1 Å². The number of sulfonamides is 1. The van der Waals surface area contributed by atoms with Crippen LogP contribution in [0.5, 0.6) is 0 Å². The minimum atomic E-state index is -3.68. The topological polar surface area (TPSA) is 114 Å². The van der Waals surface area contributed by atoms with Crippen molar-refractivity contribution in [2.75, 3.05) is 0 Å². The van der Waals surface area contributed by atoms with Crippen molar-refractivity contribution in [2.24, 2.45) is 12.8 Å². The van der Waals surface area contributed by atoms with E-state index in [9.17, 15) is 8.42 Å². The molecule has 1 aromatic heterocycles. The normalized spacial score (nSPS) is 13.5. The van der Waals surface area contributed by atoms with Crippen LogP contribution in [0, 0.1) is 5.41 Å². The van der Waals surface area contributed by atoms with E-state index in [-0.39, 0.29) is 10.9 Å². The van der Waals surface area contributed by atoms with Gasteiger partial charge in [0.25, 0.3) is 10.0 Å². The van der Waals surface area contributed by atoms with E-state index in [1.165, 1.54) is 24.0 Å². The highest BCUT2D eigenvalue weighted by atomic mass is 32.2. The van der Waals surface area contributed by atoms with Crippen molar-refractivity contribution >= 4 is 15.9 Å². The maximum atomic E-state index is 12.0.